The van der Waals surface area contributed by atoms with Crippen molar-refractivity contribution in [2.75, 3.05) is 20.0 Å². The maximum Gasteiger partial charge on any atom is 0.261 e. The number of aryl methyl sites for hydroxylation is 1. The number of fused-ring (bicyclic) bond motifs is 3. The van der Waals surface area contributed by atoms with Crippen molar-refractivity contribution in [1.82, 2.24) is 14.8 Å². The number of H-pyrrole nitrogens is 1. The average Bonchev–Trinajstić information content (AvgIpc) is 2.98. The highest BCUT2D eigenvalue weighted by Gasteiger charge is 2.20. The van der Waals surface area contributed by atoms with Gasteiger partial charge in [0, 0.05) is 12.1 Å². The van der Waals surface area contributed by atoms with Crippen LogP contribution in [-0.2, 0) is 0 Å². The Balaban J connectivity index is 2.17. The summed E-state index contributed by atoms with van der Waals surface area (Å²) >= 11 is 0. The number of benzene rings is 2. The zero-order chi connectivity index (χ0) is 18.4. The molecule has 0 saturated carbocycles. The number of ether oxygens (including phenoxy) is 2. The summed E-state index contributed by atoms with van der Waals surface area (Å²) in [7, 11) is 3.12. The molecule has 4 aromatic rings. The normalized spacial score (nSPS) is 11.2. The Morgan fingerprint density at radius 2 is 1.88 bits per heavy atom. The highest BCUT2D eigenvalue weighted by molar-refractivity contribution is 6.10. The quantitative estimate of drug-likeness (QED) is 0.592. The van der Waals surface area contributed by atoms with Crippen molar-refractivity contribution in [2.45, 2.75) is 6.92 Å². The van der Waals surface area contributed by atoms with E-state index in [-0.39, 0.29) is 11.4 Å². The molecule has 0 amide bonds. The van der Waals surface area contributed by atoms with Gasteiger partial charge in [0.2, 0.25) is 0 Å². The van der Waals surface area contributed by atoms with E-state index >= 15 is 0 Å². The summed E-state index contributed by atoms with van der Waals surface area (Å²) in [4.78, 5) is 15.5. The van der Waals surface area contributed by atoms with Gasteiger partial charge in [-0.25, -0.2) is 4.68 Å². The van der Waals surface area contributed by atoms with Crippen LogP contribution in [-0.4, -0.2) is 29.0 Å². The molecule has 7 heteroatoms. The van der Waals surface area contributed by atoms with Crippen molar-refractivity contribution in [3.05, 3.63) is 52.3 Å². The molecule has 7 nitrogen and oxygen atoms in total. The van der Waals surface area contributed by atoms with Crippen LogP contribution in [0, 0.1) is 6.92 Å². The van der Waals surface area contributed by atoms with Crippen molar-refractivity contribution in [1.29, 1.82) is 0 Å². The summed E-state index contributed by atoms with van der Waals surface area (Å²) in [5, 5.41) is 5.67. The summed E-state index contributed by atoms with van der Waals surface area (Å²) in [6.07, 6.45) is 0. The minimum atomic E-state index is -0.305. The zero-order valence-corrected chi connectivity index (χ0v) is 14.7. The van der Waals surface area contributed by atoms with Gasteiger partial charge in [-0.05, 0) is 18.6 Å². The van der Waals surface area contributed by atoms with E-state index in [2.05, 4.69) is 10.1 Å². The maximum atomic E-state index is 12.7. The molecule has 0 bridgehead atoms. The van der Waals surface area contributed by atoms with E-state index in [0.717, 1.165) is 11.3 Å². The van der Waals surface area contributed by atoms with Gasteiger partial charge in [-0.2, -0.15) is 5.10 Å². The molecular weight excluding hydrogens is 332 g/mol. The van der Waals surface area contributed by atoms with Crippen LogP contribution < -0.4 is 20.8 Å². The number of para-hydroxylation sites is 1. The van der Waals surface area contributed by atoms with Crippen LogP contribution in [0.15, 0.2) is 41.2 Å². The van der Waals surface area contributed by atoms with Crippen LogP contribution in [0.1, 0.15) is 5.56 Å². The number of aromatic nitrogens is 3. The number of nitrogens with two attached hydrogens (primary N) is 1. The standard InChI is InChI=1S/C19H18N4O3/c1-10-6-4-5-7-13(10)23-18(20)16-17(22-23)15-12(21-19(16)24)8-11(25-2)9-14(15)26-3/h4-9H,20H2,1-3H3,(H,21,24). The van der Waals surface area contributed by atoms with Gasteiger partial charge in [-0.3, -0.25) is 4.79 Å². The lowest BCUT2D eigenvalue weighted by Crippen LogP contribution is -2.09. The van der Waals surface area contributed by atoms with Gasteiger partial charge in [-0.1, -0.05) is 18.2 Å². The molecule has 0 fully saturated rings. The maximum absolute atomic E-state index is 12.7. The second-order valence-electron chi connectivity index (χ2n) is 6.01. The Kier molecular flexibility index (Phi) is 3.57. The first-order valence-corrected chi connectivity index (χ1v) is 8.07. The monoisotopic (exact) mass is 350 g/mol. The van der Waals surface area contributed by atoms with Crippen LogP contribution in [0.5, 0.6) is 11.5 Å². The Bertz CT molecular complexity index is 1210. The van der Waals surface area contributed by atoms with Gasteiger partial charge in [0.1, 0.15) is 28.2 Å². The zero-order valence-electron chi connectivity index (χ0n) is 14.7. The molecule has 26 heavy (non-hydrogen) atoms. The first kappa shape index (κ1) is 16.0. The molecule has 3 N–H and O–H groups in total. The highest BCUT2D eigenvalue weighted by Crippen LogP contribution is 2.35. The van der Waals surface area contributed by atoms with Gasteiger partial charge in [0.05, 0.1) is 30.8 Å². The molecule has 0 radical (unpaired) electrons. The van der Waals surface area contributed by atoms with Crippen molar-refractivity contribution in [3.8, 4) is 17.2 Å². The topological polar surface area (TPSA) is 95.2 Å². The molecule has 0 unspecified atom stereocenters. The van der Waals surface area contributed by atoms with Crippen LogP contribution in [0.2, 0.25) is 0 Å². The number of nitrogens with zero attached hydrogens (tertiary/aromatic N) is 2. The molecule has 2 heterocycles. The van der Waals surface area contributed by atoms with Crippen molar-refractivity contribution in [3.63, 3.8) is 0 Å². The second kappa shape index (κ2) is 5.80. The van der Waals surface area contributed by atoms with E-state index < -0.39 is 0 Å². The summed E-state index contributed by atoms with van der Waals surface area (Å²) in [6.45, 7) is 1.97. The van der Waals surface area contributed by atoms with Gasteiger partial charge in [0.25, 0.3) is 5.56 Å². The van der Waals surface area contributed by atoms with Crippen LogP contribution >= 0.6 is 0 Å². The van der Waals surface area contributed by atoms with Crippen molar-refractivity contribution in [2.24, 2.45) is 0 Å². The number of anilines is 1. The molecule has 0 saturated heterocycles. The van der Waals surface area contributed by atoms with Crippen LogP contribution in [0.25, 0.3) is 27.5 Å². The molecule has 2 aromatic carbocycles. The summed E-state index contributed by atoms with van der Waals surface area (Å²) in [5.74, 6) is 1.42. The Hall–Kier alpha value is -3.48. The van der Waals surface area contributed by atoms with Gasteiger partial charge in [-0.15, -0.1) is 0 Å². The van der Waals surface area contributed by atoms with E-state index in [0.29, 0.717) is 33.3 Å². The van der Waals surface area contributed by atoms with E-state index in [1.54, 1.807) is 31.0 Å². The smallest absolute Gasteiger partial charge is 0.261 e. The predicted molar refractivity (Wildman–Crippen MR) is 101 cm³/mol. The van der Waals surface area contributed by atoms with Gasteiger partial charge >= 0.3 is 0 Å². The van der Waals surface area contributed by atoms with E-state index in [1.807, 2.05) is 31.2 Å². The molecule has 4 rings (SSSR count). The summed E-state index contributed by atoms with van der Waals surface area (Å²) < 4.78 is 12.4. The summed E-state index contributed by atoms with van der Waals surface area (Å²) in [5.41, 5.74) is 8.88. The lowest BCUT2D eigenvalue weighted by molar-refractivity contribution is 0.398. The number of nitrogens with one attached hydrogen (secondary N) is 1. The number of aromatic amines is 1. The summed E-state index contributed by atoms with van der Waals surface area (Å²) in [6, 6.07) is 11.2. The van der Waals surface area contributed by atoms with Crippen LogP contribution in [0.3, 0.4) is 0 Å². The molecule has 0 aliphatic rings. The van der Waals surface area contributed by atoms with Gasteiger partial charge < -0.3 is 20.2 Å². The molecule has 0 atom stereocenters. The molecule has 132 valence electrons. The molecule has 0 aliphatic carbocycles. The lowest BCUT2D eigenvalue weighted by Gasteiger charge is -2.08. The number of rotatable bonds is 3. The first-order chi connectivity index (χ1) is 12.5. The van der Waals surface area contributed by atoms with Gasteiger partial charge in [0.15, 0.2) is 0 Å². The van der Waals surface area contributed by atoms with Crippen LogP contribution in [0.4, 0.5) is 5.82 Å². The number of nitrogen functional groups attached to an aromatic ring is 1. The minimum absolute atomic E-state index is 0.287. The number of hydrogen-bond donors (Lipinski definition) is 2. The third-order valence-electron chi connectivity index (χ3n) is 4.51. The third kappa shape index (κ3) is 2.21. The first-order valence-electron chi connectivity index (χ1n) is 8.07. The number of methoxy groups -OCH3 is 2. The Morgan fingerprint density at radius 1 is 1.12 bits per heavy atom. The third-order valence-corrected chi connectivity index (χ3v) is 4.51. The SMILES string of the molecule is COc1cc(OC)c2c(c1)[nH]c(=O)c1c(N)n(-c3ccccc3C)nc12. The molecule has 0 aliphatic heterocycles. The fourth-order valence-electron chi connectivity index (χ4n) is 3.21. The molecule has 2 aromatic heterocycles. The number of hydrogen-bond acceptors (Lipinski definition) is 5. The second-order valence-corrected chi connectivity index (χ2v) is 6.01. The fraction of sp³-hybridized carbons (Fsp3) is 0.158. The molecule has 0 spiro atoms. The highest BCUT2D eigenvalue weighted by atomic mass is 16.5. The Morgan fingerprint density at radius 3 is 2.58 bits per heavy atom. The van der Waals surface area contributed by atoms with Crippen molar-refractivity contribution >= 4 is 27.6 Å². The Labute approximate surface area is 149 Å². The predicted octanol–water partition coefficient (Wildman–Crippen LogP) is 2.77. The van der Waals surface area contributed by atoms with Crippen molar-refractivity contribution < 1.29 is 9.47 Å². The fourth-order valence-corrected chi connectivity index (χ4v) is 3.21. The van der Waals surface area contributed by atoms with E-state index in [1.165, 1.54) is 0 Å². The number of pyridine rings is 1. The van der Waals surface area contributed by atoms with E-state index in [9.17, 15) is 4.79 Å². The molecular formula is C19H18N4O3. The van der Waals surface area contributed by atoms with E-state index in [4.69, 9.17) is 15.2 Å². The average molecular weight is 350 g/mol. The lowest BCUT2D eigenvalue weighted by atomic mass is 10.1. The minimum Gasteiger partial charge on any atom is -0.497 e. The largest absolute Gasteiger partial charge is 0.497 e.